The third-order valence-electron chi connectivity index (χ3n) is 3.53. The number of nitrogens with one attached hydrogen (secondary N) is 1. The zero-order valence-electron chi connectivity index (χ0n) is 15.2. The Balaban J connectivity index is 2.49. The van der Waals surface area contributed by atoms with E-state index in [1.165, 1.54) is 4.57 Å². The van der Waals surface area contributed by atoms with Gasteiger partial charge >= 0.3 is 6.09 Å². The molecule has 0 aliphatic rings. The summed E-state index contributed by atoms with van der Waals surface area (Å²) in [5.41, 5.74) is -0.554. The van der Waals surface area contributed by atoms with Gasteiger partial charge in [0.05, 0.1) is 34.5 Å². The molecule has 138 valence electrons. The van der Waals surface area contributed by atoms with E-state index in [9.17, 15) is 9.59 Å². The first kappa shape index (κ1) is 19.7. The minimum atomic E-state index is -0.644. The van der Waals surface area contributed by atoms with Crippen LogP contribution in [0.2, 0.25) is 5.02 Å². The molecule has 1 amide bonds. The van der Waals surface area contributed by atoms with Crippen LogP contribution in [0.5, 0.6) is 0 Å². The Morgan fingerprint density at radius 3 is 2.77 bits per heavy atom. The highest BCUT2D eigenvalue weighted by molar-refractivity contribution is 6.35. The number of aromatic nitrogens is 2. The molecular formula is C18H21ClN4O3. The Bertz CT molecular complexity index is 925. The number of alkyl carbamates (subject to hydrolysis) is 1. The molecule has 0 aliphatic heterocycles. The van der Waals surface area contributed by atoms with Crippen molar-refractivity contribution in [2.45, 2.75) is 52.3 Å². The first-order chi connectivity index (χ1) is 12.1. The number of ether oxygens (including phenoxy) is 1. The predicted molar refractivity (Wildman–Crippen MR) is 99.0 cm³/mol. The standard InChI is InChI=1S/C18H21ClN4O3/c1-11(21-17(25)26-18(2,3)4)15-22-13-8-5-7-12(19)14(13)16(24)23(15)10-6-9-20/h5,7-8,11H,6,10H2,1-4H3,(H,21,25)/t11-/m0/s1. The van der Waals surface area contributed by atoms with Crippen LogP contribution in [-0.4, -0.2) is 21.2 Å². The Labute approximate surface area is 156 Å². The van der Waals surface area contributed by atoms with Crippen LogP contribution < -0.4 is 10.9 Å². The normalized spacial score (nSPS) is 12.5. The number of amides is 1. The number of fused-ring (bicyclic) bond motifs is 1. The van der Waals surface area contributed by atoms with Crippen LogP contribution >= 0.6 is 11.6 Å². The summed E-state index contributed by atoms with van der Waals surface area (Å²) in [7, 11) is 0. The third kappa shape index (κ3) is 4.52. The van der Waals surface area contributed by atoms with Crippen LogP contribution in [0.3, 0.4) is 0 Å². The van der Waals surface area contributed by atoms with E-state index < -0.39 is 17.7 Å². The van der Waals surface area contributed by atoms with E-state index in [-0.39, 0.29) is 18.5 Å². The molecule has 0 unspecified atom stereocenters. The van der Waals surface area contributed by atoms with Crippen LogP contribution in [-0.2, 0) is 11.3 Å². The lowest BCUT2D eigenvalue weighted by molar-refractivity contribution is 0.0504. The number of hydrogen-bond donors (Lipinski definition) is 1. The molecule has 0 bridgehead atoms. The Hall–Kier alpha value is -2.59. The van der Waals surface area contributed by atoms with E-state index in [0.717, 1.165) is 0 Å². The maximum Gasteiger partial charge on any atom is 0.408 e. The van der Waals surface area contributed by atoms with Crippen LogP contribution in [0.25, 0.3) is 10.9 Å². The lowest BCUT2D eigenvalue weighted by atomic mass is 10.2. The topological polar surface area (TPSA) is 97.0 Å². The quantitative estimate of drug-likeness (QED) is 0.879. The Morgan fingerprint density at radius 2 is 2.15 bits per heavy atom. The molecule has 0 saturated heterocycles. The summed E-state index contributed by atoms with van der Waals surface area (Å²) in [6, 6.07) is 6.41. The molecule has 0 aliphatic carbocycles. The van der Waals surface area contributed by atoms with Crippen molar-refractivity contribution >= 4 is 28.6 Å². The summed E-state index contributed by atoms with van der Waals surface area (Å²) in [5, 5.41) is 12.2. The van der Waals surface area contributed by atoms with Crippen molar-refractivity contribution in [1.82, 2.24) is 14.9 Å². The second kappa shape index (κ2) is 7.75. The van der Waals surface area contributed by atoms with Gasteiger partial charge in [0.15, 0.2) is 0 Å². The van der Waals surface area contributed by atoms with E-state index in [4.69, 9.17) is 21.6 Å². The number of hydrogen-bond acceptors (Lipinski definition) is 5. The highest BCUT2D eigenvalue weighted by Crippen LogP contribution is 2.21. The number of rotatable bonds is 4. The first-order valence-corrected chi connectivity index (χ1v) is 8.57. The SMILES string of the molecule is C[C@H](NC(=O)OC(C)(C)C)c1nc2cccc(Cl)c2c(=O)n1CCC#N. The number of nitriles is 1. The van der Waals surface area contributed by atoms with Crippen molar-refractivity contribution in [3.63, 3.8) is 0 Å². The van der Waals surface area contributed by atoms with Gasteiger partial charge in [-0.3, -0.25) is 9.36 Å². The molecule has 7 nitrogen and oxygen atoms in total. The van der Waals surface area contributed by atoms with Crippen molar-refractivity contribution < 1.29 is 9.53 Å². The van der Waals surface area contributed by atoms with Gasteiger partial charge in [0.2, 0.25) is 0 Å². The fraction of sp³-hybridized carbons (Fsp3) is 0.444. The van der Waals surface area contributed by atoms with E-state index in [1.54, 1.807) is 45.9 Å². The number of nitrogens with zero attached hydrogens (tertiary/aromatic N) is 3. The lowest BCUT2D eigenvalue weighted by Crippen LogP contribution is -2.37. The Kier molecular flexibility index (Phi) is 5.88. The molecule has 1 N–H and O–H groups in total. The van der Waals surface area contributed by atoms with Gasteiger partial charge < -0.3 is 10.1 Å². The molecule has 0 fully saturated rings. The van der Waals surface area contributed by atoms with Crippen molar-refractivity contribution in [3.05, 3.63) is 39.4 Å². The van der Waals surface area contributed by atoms with E-state index in [0.29, 0.717) is 21.7 Å². The second-order valence-corrected chi connectivity index (χ2v) is 7.24. The molecule has 0 spiro atoms. The van der Waals surface area contributed by atoms with Gasteiger partial charge in [0, 0.05) is 6.54 Å². The zero-order chi connectivity index (χ0) is 19.5. The van der Waals surface area contributed by atoms with Crippen molar-refractivity contribution in [3.8, 4) is 6.07 Å². The molecule has 0 saturated carbocycles. The second-order valence-electron chi connectivity index (χ2n) is 6.84. The molecule has 1 atom stereocenters. The molecule has 2 rings (SSSR count). The van der Waals surface area contributed by atoms with Gasteiger partial charge in [0.25, 0.3) is 5.56 Å². The average Bonchev–Trinajstić information content (AvgIpc) is 2.51. The molecular weight excluding hydrogens is 356 g/mol. The van der Waals surface area contributed by atoms with Gasteiger partial charge in [-0.15, -0.1) is 0 Å². The third-order valence-corrected chi connectivity index (χ3v) is 3.84. The van der Waals surface area contributed by atoms with Gasteiger partial charge in [-0.05, 0) is 39.8 Å². The lowest BCUT2D eigenvalue weighted by Gasteiger charge is -2.23. The Morgan fingerprint density at radius 1 is 1.46 bits per heavy atom. The van der Waals surface area contributed by atoms with E-state index >= 15 is 0 Å². The summed E-state index contributed by atoms with van der Waals surface area (Å²) >= 11 is 6.15. The predicted octanol–water partition coefficient (Wildman–Crippen LogP) is 3.55. The summed E-state index contributed by atoms with van der Waals surface area (Å²) < 4.78 is 6.62. The average molecular weight is 377 g/mol. The van der Waals surface area contributed by atoms with Crippen LogP contribution in [0.4, 0.5) is 4.79 Å². The van der Waals surface area contributed by atoms with E-state index in [2.05, 4.69) is 10.3 Å². The smallest absolute Gasteiger partial charge is 0.408 e. The summed E-state index contributed by atoms with van der Waals surface area (Å²) in [4.78, 5) is 29.4. The highest BCUT2D eigenvalue weighted by atomic mass is 35.5. The molecule has 1 aromatic carbocycles. The molecule has 2 aromatic rings. The maximum atomic E-state index is 12.9. The summed E-state index contributed by atoms with van der Waals surface area (Å²) in [6.07, 6.45) is -0.485. The van der Waals surface area contributed by atoms with Crippen molar-refractivity contribution in [1.29, 1.82) is 5.26 Å². The van der Waals surface area contributed by atoms with Crippen LogP contribution in [0.1, 0.15) is 46.0 Å². The fourth-order valence-electron chi connectivity index (χ4n) is 2.50. The van der Waals surface area contributed by atoms with Gasteiger partial charge in [-0.1, -0.05) is 17.7 Å². The van der Waals surface area contributed by atoms with Crippen molar-refractivity contribution in [2.24, 2.45) is 0 Å². The largest absolute Gasteiger partial charge is 0.444 e. The summed E-state index contributed by atoms with van der Waals surface area (Å²) in [6.45, 7) is 7.13. The number of halogens is 1. The van der Waals surface area contributed by atoms with E-state index in [1.807, 2.05) is 6.07 Å². The summed E-state index contributed by atoms with van der Waals surface area (Å²) in [5.74, 6) is 0.339. The van der Waals surface area contributed by atoms with Crippen LogP contribution in [0, 0.1) is 11.3 Å². The fourth-order valence-corrected chi connectivity index (χ4v) is 2.75. The molecule has 1 heterocycles. The van der Waals surface area contributed by atoms with Gasteiger partial charge in [0.1, 0.15) is 11.4 Å². The van der Waals surface area contributed by atoms with Gasteiger partial charge in [-0.25, -0.2) is 9.78 Å². The number of benzene rings is 1. The van der Waals surface area contributed by atoms with Crippen molar-refractivity contribution in [2.75, 3.05) is 0 Å². The molecule has 1 aromatic heterocycles. The molecule has 8 heteroatoms. The maximum absolute atomic E-state index is 12.9. The molecule has 26 heavy (non-hydrogen) atoms. The van der Waals surface area contributed by atoms with Crippen LogP contribution in [0.15, 0.2) is 23.0 Å². The minimum Gasteiger partial charge on any atom is -0.444 e. The van der Waals surface area contributed by atoms with Gasteiger partial charge in [-0.2, -0.15) is 5.26 Å². The highest BCUT2D eigenvalue weighted by Gasteiger charge is 2.22. The first-order valence-electron chi connectivity index (χ1n) is 8.19. The number of carbonyl (C=O) groups excluding carboxylic acids is 1. The number of carbonyl (C=O) groups is 1. The molecule has 0 radical (unpaired) electrons. The zero-order valence-corrected chi connectivity index (χ0v) is 15.9. The monoisotopic (exact) mass is 376 g/mol. The minimum absolute atomic E-state index is 0.129.